The van der Waals surface area contributed by atoms with Crippen LogP contribution in [0.5, 0.6) is 0 Å². The van der Waals surface area contributed by atoms with E-state index in [0.29, 0.717) is 46.1 Å². The molecule has 0 radical (unpaired) electrons. The molecule has 10 heteroatoms. The van der Waals surface area contributed by atoms with Crippen LogP contribution in [0, 0.1) is 29.6 Å². The predicted octanol–water partition coefficient (Wildman–Crippen LogP) is 17.6. The van der Waals surface area contributed by atoms with Crippen molar-refractivity contribution in [3.63, 3.8) is 0 Å². The van der Waals surface area contributed by atoms with Crippen LogP contribution in [0.3, 0.4) is 0 Å². The number of hydrogen-bond donors (Lipinski definition) is 0. The van der Waals surface area contributed by atoms with Gasteiger partial charge in [-0.3, -0.25) is 0 Å². The molecule has 0 amide bonds. The largest absolute Gasteiger partial charge is 0.309 e. The molecule has 0 atom stereocenters. The maximum absolute atomic E-state index is 10.8. The van der Waals surface area contributed by atoms with Crippen molar-refractivity contribution in [3.8, 4) is 114 Å². The number of para-hydroxylation sites is 2. The molecule has 0 saturated carbocycles. The van der Waals surface area contributed by atoms with Crippen molar-refractivity contribution in [1.82, 2.24) is 39.0 Å². The molecule has 10 nitrogen and oxygen atoms in total. The first-order valence-electron chi connectivity index (χ1n) is 28.0. The fourth-order valence-electron chi connectivity index (χ4n) is 11.8. The molecule has 0 aliphatic carbocycles. The highest BCUT2D eigenvalue weighted by atomic mass is 15.0. The Labute approximate surface area is 489 Å². The summed E-state index contributed by atoms with van der Waals surface area (Å²) in [5.74, 6) is 3.50. The molecular formula is C75H46N10. The zero-order valence-electron chi connectivity index (χ0n) is 45.8. The maximum Gasteiger partial charge on any atom is 0.164 e. The number of hydrogen-bond acceptors (Lipinski definition) is 8. The summed E-state index contributed by atoms with van der Waals surface area (Å²) in [7, 11) is 0. The SMILES string of the molecule is Cc1cc(C#N)ccc1-c1ccc(-n2c3ccccc3c3cc(-c4nc(-c5ccccc5)nc(-c5ccccc5)n4)ccc32)cc1-c1cc(C#N)ccc1-n1c2ccccc2c2cc(-c3nc(-c4ccccc4)nc(-c4ccccc4)n3)ccc21. The van der Waals surface area contributed by atoms with E-state index in [1.165, 1.54) is 0 Å². The molecule has 0 saturated heterocycles. The molecule has 11 aromatic carbocycles. The van der Waals surface area contributed by atoms with Crippen LogP contribution in [0.1, 0.15) is 16.7 Å². The lowest BCUT2D eigenvalue weighted by molar-refractivity contribution is 1.07. The van der Waals surface area contributed by atoms with Gasteiger partial charge in [-0.15, -0.1) is 0 Å². The molecule has 0 aliphatic rings. The summed E-state index contributed by atoms with van der Waals surface area (Å²) < 4.78 is 4.62. The molecular weight excluding hydrogens is 1040 g/mol. The molecule has 0 fully saturated rings. The molecule has 0 bridgehead atoms. The predicted molar refractivity (Wildman–Crippen MR) is 340 cm³/mol. The normalized spacial score (nSPS) is 11.3. The van der Waals surface area contributed by atoms with Gasteiger partial charge in [0, 0.05) is 66.2 Å². The van der Waals surface area contributed by atoms with E-state index in [9.17, 15) is 10.5 Å². The Hall–Kier alpha value is -12.0. The van der Waals surface area contributed by atoms with E-state index in [-0.39, 0.29) is 0 Å². The summed E-state index contributed by atoms with van der Waals surface area (Å²) in [5.41, 5.74) is 16.8. The first-order valence-corrected chi connectivity index (χ1v) is 28.0. The fraction of sp³-hybridized carbons (Fsp3) is 0.0133. The van der Waals surface area contributed by atoms with E-state index in [2.05, 4.69) is 130 Å². The number of rotatable bonds is 10. The molecule has 4 heterocycles. The Morgan fingerprint density at radius 1 is 0.282 bits per heavy atom. The number of aryl methyl sites for hydroxylation is 1. The highest BCUT2D eigenvalue weighted by Gasteiger charge is 2.24. The third-order valence-electron chi connectivity index (χ3n) is 15.8. The number of benzene rings is 11. The molecule has 15 aromatic rings. The van der Waals surface area contributed by atoms with Crippen molar-refractivity contribution in [2.75, 3.05) is 0 Å². The van der Waals surface area contributed by atoms with Gasteiger partial charge in [0.05, 0.1) is 51.0 Å². The minimum Gasteiger partial charge on any atom is -0.309 e. The molecule has 0 N–H and O–H groups in total. The van der Waals surface area contributed by atoms with Gasteiger partial charge in [-0.05, 0) is 120 Å². The molecule has 4 aromatic heterocycles. The Bertz CT molecular complexity index is 5100. The third-order valence-corrected chi connectivity index (χ3v) is 15.8. The summed E-state index contributed by atoms with van der Waals surface area (Å²) in [6, 6.07) is 93.1. The van der Waals surface area contributed by atoms with Gasteiger partial charge in [0.1, 0.15) is 0 Å². The van der Waals surface area contributed by atoms with Crippen molar-refractivity contribution in [1.29, 1.82) is 10.5 Å². The maximum atomic E-state index is 10.8. The fourth-order valence-corrected chi connectivity index (χ4v) is 11.8. The van der Waals surface area contributed by atoms with Gasteiger partial charge in [0.2, 0.25) is 0 Å². The van der Waals surface area contributed by atoms with Gasteiger partial charge in [-0.2, -0.15) is 10.5 Å². The van der Waals surface area contributed by atoms with E-state index < -0.39 is 0 Å². The Morgan fingerprint density at radius 2 is 0.671 bits per heavy atom. The molecule has 15 rings (SSSR count). The van der Waals surface area contributed by atoms with Crippen LogP contribution in [0.2, 0.25) is 0 Å². The van der Waals surface area contributed by atoms with Gasteiger partial charge in [0.25, 0.3) is 0 Å². The minimum absolute atomic E-state index is 0.515. The Kier molecular flexibility index (Phi) is 12.3. The highest BCUT2D eigenvalue weighted by Crippen LogP contribution is 2.44. The van der Waals surface area contributed by atoms with Crippen LogP contribution < -0.4 is 0 Å². The minimum atomic E-state index is 0.515. The topological polar surface area (TPSA) is 135 Å². The van der Waals surface area contributed by atoms with E-state index >= 15 is 0 Å². The Balaban J connectivity index is 0.929. The summed E-state index contributed by atoms with van der Waals surface area (Å²) in [4.78, 5) is 30.3. The lowest BCUT2D eigenvalue weighted by Crippen LogP contribution is -2.02. The second-order valence-corrected chi connectivity index (χ2v) is 21.0. The number of nitrogens with zero attached hydrogens (tertiary/aromatic N) is 10. The highest BCUT2D eigenvalue weighted by molar-refractivity contribution is 6.12. The molecule has 85 heavy (non-hydrogen) atoms. The summed E-state index contributed by atoms with van der Waals surface area (Å²) in [6.45, 7) is 2.05. The standard InChI is InChI=1S/C75H46N10/c1-47-40-48(45-76)30-35-57(47)58-36-34-56(84-65-28-16-14-26-59(65)63-42-54(32-38-67(63)84)74-80-70(50-18-6-2-7-19-50)78-71(81-74)51-20-8-3-9-21-51)44-61(58)62-41-49(46-77)31-37-68(62)85-66-29-17-15-27-60(66)64-43-55(33-39-69(64)85)75-82-72(52-22-10-4-11-23-52)79-73(83-75)53-24-12-5-13-25-53/h2-44H,1H3. The average Bonchev–Trinajstić information content (AvgIpc) is 2.48. The van der Waals surface area contributed by atoms with E-state index in [0.717, 1.165) is 116 Å². The average molecular weight is 1090 g/mol. The van der Waals surface area contributed by atoms with Crippen molar-refractivity contribution >= 4 is 43.6 Å². The lowest BCUT2D eigenvalue weighted by atomic mass is 9.89. The third kappa shape index (κ3) is 8.91. The van der Waals surface area contributed by atoms with Crippen LogP contribution in [0.4, 0.5) is 0 Å². The van der Waals surface area contributed by atoms with Gasteiger partial charge in [-0.25, -0.2) is 29.9 Å². The molecule has 0 unspecified atom stereocenters. The number of fused-ring (bicyclic) bond motifs is 6. The van der Waals surface area contributed by atoms with E-state index in [4.69, 9.17) is 29.9 Å². The molecule has 0 spiro atoms. The number of aromatic nitrogens is 8. The second kappa shape index (κ2) is 20.8. The van der Waals surface area contributed by atoms with Gasteiger partial charge in [0.15, 0.2) is 34.9 Å². The van der Waals surface area contributed by atoms with Gasteiger partial charge in [-0.1, -0.05) is 170 Å². The molecule has 396 valence electrons. The van der Waals surface area contributed by atoms with Gasteiger partial charge < -0.3 is 9.13 Å². The van der Waals surface area contributed by atoms with Crippen molar-refractivity contribution in [2.45, 2.75) is 6.92 Å². The zero-order valence-corrected chi connectivity index (χ0v) is 45.8. The van der Waals surface area contributed by atoms with Crippen LogP contribution >= 0.6 is 0 Å². The van der Waals surface area contributed by atoms with Gasteiger partial charge >= 0.3 is 0 Å². The summed E-state index contributed by atoms with van der Waals surface area (Å²) in [5, 5.41) is 25.0. The smallest absolute Gasteiger partial charge is 0.164 e. The monoisotopic (exact) mass is 1090 g/mol. The first kappa shape index (κ1) is 50.0. The van der Waals surface area contributed by atoms with E-state index in [1.54, 1.807) is 0 Å². The number of nitriles is 2. The van der Waals surface area contributed by atoms with Crippen LogP contribution in [0.15, 0.2) is 261 Å². The summed E-state index contributed by atoms with van der Waals surface area (Å²) in [6.07, 6.45) is 0. The second-order valence-electron chi connectivity index (χ2n) is 21.0. The van der Waals surface area contributed by atoms with E-state index in [1.807, 2.05) is 159 Å². The molecule has 0 aliphatic heterocycles. The quantitative estimate of drug-likeness (QED) is 0.132. The van der Waals surface area contributed by atoms with Crippen molar-refractivity contribution < 1.29 is 0 Å². The lowest BCUT2D eigenvalue weighted by Gasteiger charge is -2.20. The summed E-state index contributed by atoms with van der Waals surface area (Å²) >= 11 is 0. The van der Waals surface area contributed by atoms with Crippen LogP contribution in [-0.2, 0) is 0 Å². The van der Waals surface area contributed by atoms with Crippen molar-refractivity contribution in [3.05, 3.63) is 278 Å². The first-order chi connectivity index (χ1) is 41.9. The van der Waals surface area contributed by atoms with Crippen LogP contribution in [-0.4, -0.2) is 39.0 Å². The van der Waals surface area contributed by atoms with Crippen LogP contribution in [0.25, 0.3) is 146 Å². The zero-order chi connectivity index (χ0) is 57.0. The van der Waals surface area contributed by atoms with Crippen molar-refractivity contribution in [2.24, 2.45) is 0 Å². The Morgan fingerprint density at radius 3 is 1.14 bits per heavy atom.